The van der Waals surface area contributed by atoms with E-state index in [1.54, 1.807) is 7.11 Å². The molecule has 0 saturated carbocycles. The van der Waals surface area contributed by atoms with Gasteiger partial charge < -0.3 is 14.8 Å². The molecule has 0 spiro atoms. The normalized spacial score (nSPS) is 18.8. The van der Waals surface area contributed by atoms with Crippen LogP contribution < -0.4 is 14.8 Å². The molecule has 2 heterocycles. The first kappa shape index (κ1) is 11.3. The average Bonchev–Trinajstić information content (AvgIpc) is 2.66. The molecule has 18 heavy (non-hydrogen) atoms. The highest BCUT2D eigenvalue weighted by Gasteiger charge is 2.26. The minimum Gasteiger partial charge on any atom is -0.495 e. The molecule has 1 atom stereocenters. The second kappa shape index (κ2) is 4.17. The molecule has 1 aliphatic rings. The Labute approximate surface area is 109 Å². The monoisotopic (exact) mass is 263 g/mol. The first-order chi connectivity index (χ1) is 8.70. The SMILES string of the molecule is COc1cccc2c3c(sc12)OC(C)CNC3=O. The lowest BCUT2D eigenvalue weighted by molar-refractivity contribution is 0.0954. The molecule has 94 valence electrons. The Hall–Kier alpha value is -1.75. The first-order valence-electron chi connectivity index (χ1n) is 5.75. The molecule has 1 aromatic heterocycles. The van der Waals surface area contributed by atoms with Crippen LogP contribution in [0.5, 0.6) is 10.8 Å². The third-order valence-corrected chi connectivity index (χ3v) is 4.06. The predicted molar refractivity (Wildman–Crippen MR) is 70.8 cm³/mol. The molecule has 4 nitrogen and oxygen atoms in total. The largest absolute Gasteiger partial charge is 0.495 e. The van der Waals surface area contributed by atoms with E-state index in [0.717, 1.165) is 15.8 Å². The quantitative estimate of drug-likeness (QED) is 0.859. The zero-order chi connectivity index (χ0) is 12.7. The number of methoxy groups -OCH3 is 1. The van der Waals surface area contributed by atoms with Gasteiger partial charge in [-0.2, -0.15) is 0 Å². The molecular formula is C13H13NO3S. The van der Waals surface area contributed by atoms with Gasteiger partial charge in [-0.25, -0.2) is 0 Å². The lowest BCUT2D eigenvalue weighted by Gasteiger charge is -2.08. The highest BCUT2D eigenvalue weighted by Crippen LogP contribution is 2.43. The van der Waals surface area contributed by atoms with Crippen LogP contribution in [0, 0.1) is 0 Å². The van der Waals surface area contributed by atoms with Gasteiger partial charge in [0.15, 0.2) is 5.06 Å². The minimum atomic E-state index is -0.0751. The highest BCUT2D eigenvalue weighted by molar-refractivity contribution is 7.21. The first-order valence-corrected chi connectivity index (χ1v) is 6.56. The van der Waals surface area contributed by atoms with Gasteiger partial charge in [-0.15, -0.1) is 0 Å². The molecule has 1 unspecified atom stereocenters. The van der Waals surface area contributed by atoms with Gasteiger partial charge in [-0.1, -0.05) is 23.5 Å². The summed E-state index contributed by atoms with van der Waals surface area (Å²) in [5.74, 6) is 0.698. The van der Waals surface area contributed by atoms with Gasteiger partial charge in [0.2, 0.25) is 0 Å². The van der Waals surface area contributed by atoms with Gasteiger partial charge >= 0.3 is 0 Å². The van der Waals surface area contributed by atoms with Gasteiger partial charge in [0.05, 0.1) is 18.4 Å². The number of carbonyl (C=O) groups excluding carboxylic acids is 1. The summed E-state index contributed by atoms with van der Waals surface area (Å²) < 4.78 is 12.1. The summed E-state index contributed by atoms with van der Waals surface area (Å²) in [5.41, 5.74) is 0.623. The Kier molecular flexibility index (Phi) is 2.63. The Morgan fingerprint density at radius 1 is 1.50 bits per heavy atom. The molecule has 1 aliphatic heterocycles. The fraction of sp³-hybridized carbons (Fsp3) is 0.308. The van der Waals surface area contributed by atoms with Crippen molar-refractivity contribution in [3.05, 3.63) is 23.8 Å². The maximum absolute atomic E-state index is 12.1. The van der Waals surface area contributed by atoms with Gasteiger partial charge in [0.25, 0.3) is 5.91 Å². The maximum atomic E-state index is 12.1. The van der Waals surface area contributed by atoms with Crippen molar-refractivity contribution >= 4 is 27.3 Å². The summed E-state index contributed by atoms with van der Waals surface area (Å²) in [5, 5.41) is 4.44. The molecule has 0 fully saturated rings. The number of amides is 1. The second-order valence-electron chi connectivity index (χ2n) is 4.24. The molecule has 1 aromatic carbocycles. The van der Waals surface area contributed by atoms with Gasteiger partial charge in [0, 0.05) is 5.39 Å². The Balaban J connectivity index is 2.28. The van der Waals surface area contributed by atoms with E-state index in [1.165, 1.54) is 11.3 Å². The van der Waals surface area contributed by atoms with Crippen LogP contribution in [0.1, 0.15) is 17.3 Å². The van der Waals surface area contributed by atoms with E-state index < -0.39 is 0 Å². The van der Waals surface area contributed by atoms with E-state index in [2.05, 4.69) is 5.32 Å². The van der Waals surface area contributed by atoms with Crippen molar-refractivity contribution in [2.75, 3.05) is 13.7 Å². The molecule has 3 rings (SSSR count). The van der Waals surface area contributed by atoms with Crippen molar-refractivity contribution in [1.29, 1.82) is 0 Å². The number of carbonyl (C=O) groups is 1. The summed E-state index contributed by atoms with van der Waals surface area (Å²) in [6.07, 6.45) is -0.0192. The predicted octanol–water partition coefficient (Wildman–Crippen LogP) is 2.42. The minimum absolute atomic E-state index is 0.0192. The zero-order valence-electron chi connectivity index (χ0n) is 10.1. The highest BCUT2D eigenvalue weighted by atomic mass is 32.1. The van der Waals surface area contributed by atoms with E-state index in [9.17, 15) is 4.79 Å². The fourth-order valence-electron chi connectivity index (χ4n) is 2.08. The fourth-order valence-corrected chi connectivity index (χ4v) is 3.31. The number of fused-ring (bicyclic) bond motifs is 3. The molecule has 0 radical (unpaired) electrons. The van der Waals surface area contributed by atoms with Crippen LogP contribution >= 0.6 is 11.3 Å². The van der Waals surface area contributed by atoms with Crippen LogP contribution in [0.25, 0.3) is 10.1 Å². The summed E-state index contributed by atoms with van der Waals surface area (Å²) >= 11 is 1.46. The van der Waals surface area contributed by atoms with E-state index in [4.69, 9.17) is 9.47 Å². The Morgan fingerprint density at radius 2 is 2.33 bits per heavy atom. The summed E-state index contributed by atoms with van der Waals surface area (Å²) in [4.78, 5) is 12.1. The molecule has 1 amide bonds. The van der Waals surface area contributed by atoms with Crippen LogP contribution in [0.4, 0.5) is 0 Å². The van der Waals surface area contributed by atoms with E-state index >= 15 is 0 Å². The topological polar surface area (TPSA) is 47.6 Å². The van der Waals surface area contributed by atoms with Crippen molar-refractivity contribution in [1.82, 2.24) is 5.32 Å². The van der Waals surface area contributed by atoms with Gasteiger partial charge in [0.1, 0.15) is 17.4 Å². The van der Waals surface area contributed by atoms with Crippen molar-refractivity contribution < 1.29 is 14.3 Å². The summed E-state index contributed by atoms with van der Waals surface area (Å²) in [6, 6.07) is 5.70. The number of ether oxygens (including phenoxy) is 2. The van der Waals surface area contributed by atoms with E-state index in [-0.39, 0.29) is 12.0 Å². The molecule has 1 N–H and O–H groups in total. The smallest absolute Gasteiger partial charge is 0.256 e. The molecule has 2 aromatic rings. The van der Waals surface area contributed by atoms with Gasteiger partial charge in [-0.3, -0.25) is 4.79 Å². The molecule has 0 bridgehead atoms. The van der Waals surface area contributed by atoms with Gasteiger partial charge in [-0.05, 0) is 13.0 Å². The Morgan fingerprint density at radius 3 is 3.11 bits per heavy atom. The number of rotatable bonds is 1. The van der Waals surface area contributed by atoms with Crippen LogP contribution in [0.3, 0.4) is 0 Å². The van der Waals surface area contributed by atoms with E-state index in [0.29, 0.717) is 17.2 Å². The van der Waals surface area contributed by atoms with E-state index in [1.807, 2.05) is 25.1 Å². The maximum Gasteiger partial charge on any atom is 0.256 e. The second-order valence-corrected chi connectivity index (χ2v) is 5.22. The van der Waals surface area contributed by atoms with Crippen LogP contribution in [-0.4, -0.2) is 25.7 Å². The number of hydrogen-bond acceptors (Lipinski definition) is 4. The van der Waals surface area contributed by atoms with Crippen molar-refractivity contribution in [3.8, 4) is 10.8 Å². The molecule has 5 heteroatoms. The van der Waals surface area contributed by atoms with Crippen LogP contribution in [0.2, 0.25) is 0 Å². The number of nitrogens with one attached hydrogen (secondary N) is 1. The lowest BCUT2D eigenvalue weighted by Crippen LogP contribution is -2.29. The number of benzene rings is 1. The van der Waals surface area contributed by atoms with Crippen LogP contribution in [-0.2, 0) is 0 Å². The number of thiophene rings is 1. The third kappa shape index (κ3) is 1.62. The van der Waals surface area contributed by atoms with Crippen LogP contribution in [0.15, 0.2) is 18.2 Å². The third-order valence-electron chi connectivity index (χ3n) is 2.95. The molecular weight excluding hydrogens is 250 g/mol. The molecule has 0 saturated heterocycles. The standard InChI is InChI=1S/C13H13NO3S/c1-7-6-14-12(15)10-8-4-3-5-9(16-2)11(8)18-13(10)17-7/h3-5,7H,6H2,1-2H3,(H,14,15). The summed E-state index contributed by atoms with van der Waals surface area (Å²) in [7, 11) is 1.63. The summed E-state index contributed by atoms with van der Waals surface area (Å²) in [6.45, 7) is 2.47. The van der Waals surface area contributed by atoms with Crippen molar-refractivity contribution in [3.63, 3.8) is 0 Å². The molecule has 0 aliphatic carbocycles. The van der Waals surface area contributed by atoms with Crippen molar-refractivity contribution in [2.45, 2.75) is 13.0 Å². The lowest BCUT2D eigenvalue weighted by atomic mass is 10.1. The number of hydrogen-bond donors (Lipinski definition) is 1. The average molecular weight is 263 g/mol. The zero-order valence-corrected chi connectivity index (χ0v) is 11.0. The van der Waals surface area contributed by atoms with Crippen molar-refractivity contribution in [2.24, 2.45) is 0 Å². The Bertz CT molecular complexity index is 620.